The van der Waals surface area contributed by atoms with Crippen LogP contribution in [0.1, 0.15) is 22.9 Å². The Morgan fingerprint density at radius 1 is 1.11 bits per heavy atom. The number of benzene rings is 1. The van der Waals surface area contributed by atoms with Gasteiger partial charge in [-0.3, -0.25) is 4.98 Å². The number of aromatic amines is 1. The van der Waals surface area contributed by atoms with Gasteiger partial charge in [-0.2, -0.15) is 0 Å². The quantitative estimate of drug-likeness (QED) is 0.721. The van der Waals surface area contributed by atoms with Crippen LogP contribution in [0.25, 0.3) is 10.9 Å². The van der Waals surface area contributed by atoms with Crippen molar-refractivity contribution in [3.8, 4) is 0 Å². The summed E-state index contributed by atoms with van der Waals surface area (Å²) < 4.78 is 0. The molecule has 0 bridgehead atoms. The summed E-state index contributed by atoms with van der Waals surface area (Å²) in [6.45, 7) is 1.99. The number of aliphatic hydroxyl groups excluding tert-OH is 1. The molecule has 2 N–H and O–H groups in total. The van der Waals surface area contributed by atoms with Gasteiger partial charge in [-0.15, -0.1) is 0 Å². The molecule has 0 aliphatic rings. The topological polar surface area (TPSA) is 48.9 Å². The molecular formula is C15H14N2O. The summed E-state index contributed by atoms with van der Waals surface area (Å²) in [5.41, 5.74) is 3.85. The average molecular weight is 238 g/mol. The highest BCUT2D eigenvalue weighted by molar-refractivity contribution is 5.85. The van der Waals surface area contributed by atoms with Crippen LogP contribution in [0.5, 0.6) is 0 Å². The zero-order chi connectivity index (χ0) is 12.5. The van der Waals surface area contributed by atoms with Crippen LogP contribution in [0.15, 0.2) is 48.8 Å². The van der Waals surface area contributed by atoms with Crippen molar-refractivity contribution in [3.63, 3.8) is 0 Å². The molecule has 3 rings (SSSR count). The van der Waals surface area contributed by atoms with Crippen LogP contribution in [-0.2, 0) is 0 Å². The third-order valence-electron chi connectivity index (χ3n) is 3.24. The number of aryl methyl sites for hydroxylation is 1. The van der Waals surface area contributed by atoms with E-state index in [0.29, 0.717) is 0 Å². The van der Waals surface area contributed by atoms with E-state index in [1.807, 2.05) is 43.3 Å². The van der Waals surface area contributed by atoms with Gasteiger partial charge in [0, 0.05) is 34.6 Å². The van der Waals surface area contributed by atoms with Gasteiger partial charge in [-0.1, -0.05) is 18.2 Å². The maximum absolute atomic E-state index is 10.5. The lowest BCUT2D eigenvalue weighted by Gasteiger charge is -2.11. The zero-order valence-electron chi connectivity index (χ0n) is 10.1. The highest BCUT2D eigenvalue weighted by Crippen LogP contribution is 2.31. The summed E-state index contributed by atoms with van der Waals surface area (Å²) in [5.74, 6) is 0. The molecule has 2 aromatic heterocycles. The molecule has 1 atom stereocenters. The molecule has 0 aliphatic carbocycles. The summed E-state index contributed by atoms with van der Waals surface area (Å²) in [6.07, 6.45) is 2.77. The molecule has 0 radical (unpaired) electrons. The van der Waals surface area contributed by atoms with E-state index in [4.69, 9.17) is 0 Å². The van der Waals surface area contributed by atoms with Crippen LogP contribution in [0.3, 0.4) is 0 Å². The van der Waals surface area contributed by atoms with Crippen LogP contribution in [0.4, 0.5) is 0 Å². The van der Waals surface area contributed by atoms with E-state index in [9.17, 15) is 5.11 Å². The molecule has 0 amide bonds. The summed E-state index contributed by atoms with van der Waals surface area (Å²) in [6, 6.07) is 11.7. The molecule has 0 unspecified atom stereocenters. The van der Waals surface area contributed by atoms with Gasteiger partial charge < -0.3 is 10.1 Å². The first-order chi connectivity index (χ1) is 8.77. The molecule has 3 nitrogen and oxygen atoms in total. The van der Waals surface area contributed by atoms with Crippen molar-refractivity contribution in [2.75, 3.05) is 0 Å². The molecule has 0 aliphatic heterocycles. The number of para-hydroxylation sites is 1. The maximum Gasteiger partial charge on any atom is 0.106 e. The molecule has 3 aromatic rings. The normalized spacial score (nSPS) is 12.8. The monoisotopic (exact) mass is 238 g/mol. The number of nitrogens with one attached hydrogen (secondary N) is 1. The van der Waals surface area contributed by atoms with E-state index in [-0.39, 0.29) is 0 Å². The smallest absolute Gasteiger partial charge is 0.106 e. The first-order valence-electron chi connectivity index (χ1n) is 5.92. The van der Waals surface area contributed by atoms with E-state index < -0.39 is 6.10 Å². The minimum Gasteiger partial charge on any atom is -0.384 e. The van der Waals surface area contributed by atoms with Gasteiger partial charge in [0.15, 0.2) is 0 Å². The molecule has 0 saturated carbocycles. The third kappa shape index (κ3) is 1.69. The fourth-order valence-electron chi connectivity index (χ4n) is 2.36. The highest BCUT2D eigenvalue weighted by Gasteiger charge is 2.17. The average Bonchev–Trinajstić information content (AvgIpc) is 2.75. The Morgan fingerprint density at radius 2 is 1.83 bits per heavy atom. The SMILES string of the molecule is Cc1[nH]c2ccccc2c1[C@H](O)c1ccncc1. The van der Waals surface area contributed by atoms with E-state index in [1.54, 1.807) is 12.4 Å². The van der Waals surface area contributed by atoms with E-state index >= 15 is 0 Å². The molecule has 0 saturated heterocycles. The van der Waals surface area contributed by atoms with Crippen molar-refractivity contribution in [3.05, 3.63) is 65.6 Å². The van der Waals surface area contributed by atoms with Gasteiger partial charge in [-0.25, -0.2) is 0 Å². The first kappa shape index (κ1) is 11.0. The third-order valence-corrected chi connectivity index (χ3v) is 3.24. The predicted octanol–water partition coefficient (Wildman–Crippen LogP) is 2.95. The molecule has 2 heterocycles. The van der Waals surface area contributed by atoms with Crippen LogP contribution in [0, 0.1) is 6.92 Å². The number of nitrogens with zero attached hydrogens (tertiary/aromatic N) is 1. The Hall–Kier alpha value is -2.13. The Morgan fingerprint density at radius 3 is 2.61 bits per heavy atom. The summed E-state index contributed by atoms with van der Waals surface area (Å²) in [5, 5.41) is 11.6. The lowest BCUT2D eigenvalue weighted by Crippen LogP contribution is -2.00. The minimum atomic E-state index is -0.621. The Bertz CT molecular complexity index is 673. The molecular weight excluding hydrogens is 224 g/mol. The maximum atomic E-state index is 10.5. The lowest BCUT2D eigenvalue weighted by atomic mass is 10.00. The van der Waals surface area contributed by atoms with Gasteiger partial charge in [0.05, 0.1) is 0 Å². The second kappa shape index (κ2) is 4.27. The van der Waals surface area contributed by atoms with E-state index in [2.05, 4.69) is 9.97 Å². The van der Waals surface area contributed by atoms with Crippen molar-refractivity contribution in [2.24, 2.45) is 0 Å². The Kier molecular flexibility index (Phi) is 2.61. The predicted molar refractivity (Wildman–Crippen MR) is 71.3 cm³/mol. The summed E-state index contributed by atoms with van der Waals surface area (Å²) in [7, 11) is 0. The molecule has 0 fully saturated rings. The number of fused-ring (bicyclic) bond motifs is 1. The van der Waals surface area contributed by atoms with Crippen LogP contribution in [0.2, 0.25) is 0 Å². The van der Waals surface area contributed by atoms with Crippen molar-refractivity contribution >= 4 is 10.9 Å². The molecule has 90 valence electrons. The second-order valence-electron chi connectivity index (χ2n) is 4.39. The number of H-pyrrole nitrogens is 1. The Balaban J connectivity index is 2.17. The number of rotatable bonds is 2. The van der Waals surface area contributed by atoms with Gasteiger partial charge in [0.1, 0.15) is 6.10 Å². The van der Waals surface area contributed by atoms with Crippen LogP contribution < -0.4 is 0 Å². The van der Waals surface area contributed by atoms with E-state index in [1.165, 1.54) is 0 Å². The van der Waals surface area contributed by atoms with Gasteiger partial charge in [-0.05, 0) is 30.7 Å². The fourth-order valence-corrected chi connectivity index (χ4v) is 2.36. The first-order valence-corrected chi connectivity index (χ1v) is 5.92. The number of hydrogen-bond donors (Lipinski definition) is 2. The lowest BCUT2D eigenvalue weighted by molar-refractivity contribution is 0.221. The number of aromatic nitrogens is 2. The Labute approximate surface area is 105 Å². The minimum absolute atomic E-state index is 0.621. The van der Waals surface area contributed by atoms with E-state index in [0.717, 1.165) is 27.7 Å². The summed E-state index contributed by atoms with van der Waals surface area (Å²) in [4.78, 5) is 7.28. The number of aliphatic hydroxyl groups is 1. The molecule has 18 heavy (non-hydrogen) atoms. The van der Waals surface area contributed by atoms with Crippen molar-refractivity contribution in [2.45, 2.75) is 13.0 Å². The van der Waals surface area contributed by atoms with Crippen LogP contribution >= 0.6 is 0 Å². The molecule has 3 heteroatoms. The largest absolute Gasteiger partial charge is 0.384 e. The van der Waals surface area contributed by atoms with Gasteiger partial charge in [0.2, 0.25) is 0 Å². The molecule has 1 aromatic carbocycles. The summed E-state index contributed by atoms with van der Waals surface area (Å²) >= 11 is 0. The van der Waals surface area contributed by atoms with Crippen molar-refractivity contribution < 1.29 is 5.11 Å². The van der Waals surface area contributed by atoms with Gasteiger partial charge >= 0.3 is 0 Å². The number of pyridine rings is 1. The van der Waals surface area contributed by atoms with Crippen molar-refractivity contribution in [1.29, 1.82) is 0 Å². The fraction of sp³-hybridized carbons (Fsp3) is 0.133. The highest BCUT2D eigenvalue weighted by atomic mass is 16.3. The van der Waals surface area contributed by atoms with Gasteiger partial charge in [0.25, 0.3) is 0 Å². The second-order valence-corrected chi connectivity index (χ2v) is 4.39. The standard InChI is InChI=1S/C15H14N2O/c1-10-14(12-4-2-3-5-13(12)17-10)15(18)11-6-8-16-9-7-11/h2-9,15,17-18H,1H3/t15-/m1/s1. The van der Waals surface area contributed by atoms with Crippen LogP contribution in [-0.4, -0.2) is 15.1 Å². The zero-order valence-corrected chi connectivity index (χ0v) is 10.1. The van der Waals surface area contributed by atoms with Crippen molar-refractivity contribution in [1.82, 2.24) is 9.97 Å². The molecule has 0 spiro atoms. The number of hydrogen-bond acceptors (Lipinski definition) is 2.